The van der Waals surface area contributed by atoms with E-state index < -0.39 is 17.6 Å². The fourth-order valence-electron chi connectivity index (χ4n) is 1.70. The Balaban J connectivity index is 1.93. The quantitative estimate of drug-likeness (QED) is 0.826. The Morgan fingerprint density at radius 2 is 2.25 bits per heavy atom. The van der Waals surface area contributed by atoms with Gasteiger partial charge in [-0.1, -0.05) is 5.16 Å². The molecule has 2 rings (SSSR count). The molecule has 7 heteroatoms. The average Bonchev–Trinajstić information content (AvgIpc) is 2.91. The van der Waals surface area contributed by atoms with Crippen molar-refractivity contribution in [3.05, 3.63) is 29.6 Å². The summed E-state index contributed by atoms with van der Waals surface area (Å²) in [6, 6.07) is 3.37. The number of urea groups is 1. The third-order valence-corrected chi connectivity index (χ3v) is 2.73. The van der Waals surface area contributed by atoms with Gasteiger partial charge in [-0.15, -0.1) is 0 Å². The van der Waals surface area contributed by atoms with Crippen molar-refractivity contribution in [3.8, 4) is 0 Å². The fraction of sp³-hybridized carbons (Fsp3) is 0.308. The zero-order valence-corrected chi connectivity index (χ0v) is 10.9. The van der Waals surface area contributed by atoms with Crippen LogP contribution in [0.5, 0.6) is 0 Å². The summed E-state index contributed by atoms with van der Waals surface area (Å²) >= 11 is 0. The van der Waals surface area contributed by atoms with E-state index >= 15 is 0 Å². The van der Waals surface area contributed by atoms with Crippen molar-refractivity contribution in [2.75, 3.05) is 18.5 Å². The second kappa shape index (κ2) is 6.14. The molecule has 1 aliphatic heterocycles. The molecule has 0 atom stereocenters. The number of Topliss-reactive ketones (excluding diaryl/α,β-unsaturated/α-hetero) is 1. The summed E-state index contributed by atoms with van der Waals surface area (Å²) < 4.78 is 13.3. The van der Waals surface area contributed by atoms with Gasteiger partial charge in [0.2, 0.25) is 0 Å². The van der Waals surface area contributed by atoms with Crippen LogP contribution in [0.25, 0.3) is 0 Å². The first-order valence-electron chi connectivity index (χ1n) is 6.09. The maximum absolute atomic E-state index is 13.3. The fourth-order valence-corrected chi connectivity index (χ4v) is 1.70. The Hall–Kier alpha value is -2.44. The highest BCUT2D eigenvalue weighted by Crippen LogP contribution is 2.15. The Bertz CT molecular complexity index is 572. The van der Waals surface area contributed by atoms with Crippen molar-refractivity contribution >= 4 is 23.2 Å². The zero-order chi connectivity index (χ0) is 14.5. The number of halogens is 1. The Kier molecular flexibility index (Phi) is 4.29. The number of anilines is 1. The Morgan fingerprint density at radius 1 is 1.45 bits per heavy atom. The van der Waals surface area contributed by atoms with Gasteiger partial charge in [0, 0.05) is 12.1 Å². The topological polar surface area (TPSA) is 79.8 Å². The van der Waals surface area contributed by atoms with E-state index in [0.29, 0.717) is 18.7 Å². The number of nitrogens with one attached hydrogen (secondary N) is 2. The summed E-state index contributed by atoms with van der Waals surface area (Å²) in [7, 11) is 0. The number of hydrogen-bond donors (Lipinski definition) is 2. The van der Waals surface area contributed by atoms with Gasteiger partial charge in [-0.2, -0.15) is 0 Å². The smallest absolute Gasteiger partial charge is 0.319 e. The first-order valence-corrected chi connectivity index (χ1v) is 6.09. The highest BCUT2D eigenvalue weighted by Gasteiger charge is 2.11. The number of rotatable bonds is 4. The molecule has 1 heterocycles. The van der Waals surface area contributed by atoms with Crippen LogP contribution in [0.2, 0.25) is 0 Å². The van der Waals surface area contributed by atoms with Gasteiger partial charge in [0.1, 0.15) is 12.4 Å². The van der Waals surface area contributed by atoms with Crippen LogP contribution >= 0.6 is 0 Å². The monoisotopic (exact) mass is 279 g/mol. The van der Waals surface area contributed by atoms with Gasteiger partial charge >= 0.3 is 6.03 Å². The minimum Gasteiger partial charge on any atom is -0.395 e. The number of oxime groups is 1. The summed E-state index contributed by atoms with van der Waals surface area (Å²) in [6.45, 7) is 2.08. The predicted molar refractivity (Wildman–Crippen MR) is 71.4 cm³/mol. The lowest BCUT2D eigenvalue weighted by molar-refractivity contribution is 0.101. The molecular weight excluding hydrogens is 265 g/mol. The second-order valence-corrected chi connectivity index (χ2v) is 4.30. The van der Waals surface area contributed by atoms with E-state index in [1.165, 1.54) is 19.1 Å². The van der Waals surface area contributed by atoms with Crippen molar-refractivity contribution in [1.29, 1.82) is 0 Å². The van der Waals surface area contributed by atoms with Crippen LogP contribution in [0.15, 0.2) is 23.4 Å². The number of nitrogens with zero attached hydrogens (tertiary/aromatic N) is 1. The first-order chi connectivity index (χ1) is 9.56. The molecule has 106 valence electrons. The standard InChI is InChI=1S/C13H14FN3O3/c1-8(18)11-6-9(2-3-12(11)14)16-13(19)15-7-10-4-5-20-17-10/h2-3,6H,4-5,7H2,1H3,(H2,15,16,19). The van der Waals surface area contributed by atoms with E-state index in [0.717, 1.165) is 11.8 Å². The van der Waals surface area contributed by atoms with Crippen molar-refractivity contribution < 1.29 is 18.8 Å². The first kappa shape index (κ1) is 14.0. The summed E-state index contributed by atoms with van der Waals surface area (Å²) in [5.41, 5.74) is 1.04. The lowest BCUT2D eigenvalue weighted by Crippen LogP contribution is -2.33. The Morgan fingerprint density at radius 3 is 2.90 bits per heavy atom. The number of hydrogen-bond acceptors (Lipinski definition) is 4. The molecule has 20 heavy (non-hydrogen) atoms. The molecule has 0 unspecified atom stereocenters. The number of benzene rings is 1. The zero-order valence-electron chi connectivity index (χ0n) is 10.9. The molecule has 1 aliphatic rings. The van der Waals surface area contributed by atoms with Crippen LogP contribution < -0.4 is 10.6 Å². The summed E-state index contributed by atoms with van der Waals surface area (Å²) in [6.07, 6.45) is 0.686. The van der Waals surface area contributed by atoms with E-state index in [2.05, 4.69) is 15.8 Å². The maximum atomic E-state index is 13.3. The summed E-state index contributed by atoms with van der Waals surface area (Å²) in [4.78, 5) is 27.6. The van der Waals surface area contributed by atoms with Crippen LogP contribution in [0, 0.1) is 5.82 Å². The molecule has 0 aromatic heterocycles. The maximum Gasteiger partial charge on any atom is 0.319 e. The molecule has 2 amide bonds. The largest absolute Gasteiger partial charge is 0.395 e. The van der Waals surface area contributed by atoms with Crippen LogP contribution in [0.3, 0.4) is 0 Å². The molecule has 1 aromatic carbocycles. The van der Waals surface area contributed by atoms with Gasteiger partial charge in [0.25, 0.3) is 0 Å². The van der Waals surface area contributed by atoms with Gasteiger partial charge in [0.05, 0.1) is 17.8 Å². The number of amides is 2. The van der Waals surface area contributed by atoms with Gasteiger partial charge in [0.15, 0.2) is 5.78 Å². The van der Waals surface area contributed by atoms with Crippen LogP contribution in [0.4, 0.5) is 14.9 Å². The third-order valence-electron chi connectivity index (χ3n) is 2.73. The average molecular weight is 279 g/mol. The molecule has 0 spiro atoms. The van der Waals surface area contributed by atoms with E-state index in [1.54, 1.807) is 0 Å². The minimum absolute atomic E-state index is 0.0589. The van der Waals surface area contributed by atoms with Crippen molar-refractivity contribution in [2.24, 2.45) is 5.16 Å². The lowest BCUT2D eigenvalue weighted by atomic mass is 10.1. The Labute approximate surface area is 115 Å². The van der Waals surface area contributed by atoms with Crippen LogP contribution in [-0.4, -0.2) is 30.7 Å². The molecule has 0 saturated heterocycles. The van der Waals surface area contributed by atoms with Gasteiger partial charge in [-0.05, 0) is 25.1 Å². The molecule has 1 aromatic rings. The molecule has 6 nitrogen and oxygen atoms in total. The molecule has 0 fully saturated rings. The molecule has 0 saturated carbocycles. The summed E-state index contributed by atoms with van der Waals surface area (Å²) in [5, 5.41) is 8.86. The molecule has 2 N–H and O–H groups in total. The normalized spacial score (nSPS) is 13.4. The highest BCUT2D eigenvalue weighted by atomic mass is 19.1. The molecular formula is C13H14FN3O3. The third kappa shape index (κ3) is 3.53. The summed E-state index contributed by atoms with van der Waals surface area (Å²) in [5.74, 6) is -1.01. The lowest BCUT2D eigenvalue weighted by Gasteiger charge is -2.08. The molecule has 0 radical (unpaired) electrons. The van der Waals surface area contributed by atoms with Crippen molar-refractivity contribution in [1.82, 2.24) is 5.32 Å². The molecule has 0 bridgehead atoms. The number of carbonyl (C=O) groups is 2. The highest BCUT2D eigenvalue weighted by molar-refractivity contribution is 5.98. The van der Waals surface area contributed by atoms with Gasteiger partial charge in [-0.25, -0.2) is 9.18 Å². The van der Waals surface area contributed by atoms with Crippen molar-refractivity contribution in [3.63, 3.8) is 0 Å². The predicted octanol–water partition coefficient (Wildman–Crippen LogP) is 1.93. The molecule has 0 aliphatic carbocycles. The van der Waals surface area contributed by atoms with Crippen LogP contribution in [0.1, 0.15) is 23.7 Å². The van der Waals surface area contributed by atoms with E-state index in [4.69, 9.17) is 4.84 Å². The van der Waals surface area contributed by atoms with E-state index in [9.17, 15) is 14.0 Å². The van der Waals surface area contributed by atoms with Gasteiger partial charge in [-0.3, -0.25) is 4.79 Å². The van der Waals surface area contributed by atoms with Crippen LogP contribution in [-0.2, 0) is 4.84 Å². The van der Waals surface area contributed by atoms with Crippen molar-refractivity contribution in [2.45, 2.75) is 13.3 Å². The second-order valence-electron chi connectivity index (χ2n) is 4.30. The van der Waals surface area contributed by atoms with E-state index in [-0.39, 0.29) is 12.1 Å². The SMILES string of the molecule is CC(=O)c1cc(NC(=O)NCC2=NOCC2)ccc1F. The van der Waals surface area contributed by atoms with Gasteiger partial charge < -0.3 is 15.5 Å². The van der Waals surface area contributed by atoms with E-state index in [1.807, 2.05) is 0 Å². The number of ketones is 1. The number of carbonyl (C=O) groups excluding carboxylic acids is 2. The minimum atomic E-state index is -0.610.